The van der Waals surface area contributed by atoms with Crippen LogP contribution < -0.4 is 0 Å². The molecule has 0 bridgehead atoms. The first-order valence-electron chi connectivity index (χ1n) is 5.71. The van der Waals surface area contributed by atoms with E-state index in [0.717, 1.165) is 6.42 Å². The van der Waals surface area contributed by atoms with E-state index in [9.17, 15) is 0 Å². The third-order valence-electron chi connectivity index (χ3n) is 2.35. The van der Waals surface area contributed by atoms with Gasteiger partial charge in [-0.3, -0.25) is 0 Å². The molecule has 77 valence electrons. The number of hydrogen-bond donors (Lipinski definition) is 0. The molecule has 0 aromatic rings. The van der Waals surface area contributed by atoms with Crippen molar-refractivity contribution < 1.29 is 25.8 Å². The van der Waals surface area contributed by atoms with Crippen molar-refractivity contribution in [2.75, 3.05) is 0 Å². The largest absolute Gasteiger partial charge is 0.343 e. The summed E-state index contributed by atoms with van der Waals surface area (Å²) in [5.74, 6) is 0. The van der Waals surface area contributed by atoms with Gasteiger partial charge in [0.1, 0.15) is 0 Å². The van der Waals surface area contributed by atoms with Gasteiger partial charge < -0.3 is 6.92 Å². The molecule has 0 saturated heterocycles. The zero-order chi connectivity index (χ0) is 9.07. The predicted octanol–water partition coefficient (Wildman–Crippen LogP) is 4.74. The van der Waals surface area contributed by atoms with Gasteiger partial charge in [0.2, 0.25) is 0 Å². The van der Waals surface area contributed by atoms with Crippen LogP contribution in [-0.2, 0) is 25.8 Å². The van der Waals surface area contributed by atoms with Crippen LogP contribution >= 0.6 is 0 Å². The van der Waals surface area contributed by atoms with Crippen LogP contribution in [0.4, 0.5) is 0 Å². The molecule has 0 heterocycles. The van der Waals surface area contributed by atoms with Crippen molar-refractivity contribution >= 4 is 0 Å². The molecule has 0 aliphatic carbocycles. The molecule has 0 atom stereocenters. The fraction of sp³-hybridized carbons (Fsp3) is 0.917. The molecule has 1 radical (unpaired) electrons. The molecule has 0 aromatic carbocycles. The van der Waals surface area contributed by atoms with Crippen molar-refractivity contribution in [3.05, 3.63) is 6.92 Å². The number of rotatable bonds is 9. The number of hydrogen-bond acceptors (Lipinski definition) is 0. The monoisotopic (exact) mass is 214 g/mol. The van der Waals surface area contributed by atoms with Crippen LogP contribution in [0, 0.1) is 6.92 Å². The van der Waals surface area contributed by atoms with Crippen LogP contribution in [0.1, 0.15) is 71.1 Å². The van der Waals surface area contributed by atoms with E-state index in [4.69, 9.17) is 0 Å². The molecule has 1 heteroatoms. The predicted molar refractivity (Wildman–Crippen MR) is 57.2 cm³/mol. The Morgan fingerprint density at radius 2 is 1.08 bits per heavy atom. The molecule has 0 N–H and O–H groups in total. The molecule has 0 spiro atoms. The van der Waals surface area contributed by atoms with E-state index in [0.29, 0.717) is 0 Å². The Hall–Kier alpha value is 0.870. The van der Waals surface area contributed by atoms with Crippen molar-refractivity contribution in [3.8, 4) is 0 Å². The van der Waals surface area contributed by atoms with Gasteiger partial charge in [0.25, 0.3) is 0 Å². The van der Waals surface area contributed by atoms with Gasteiger partial charge in [-0.2, -0.15) is 6.42 Å². The maximum absolute atomic E-state index is 3.84. The van der Waals surface area contributed by atoms with Crippen LogP contribution in [0.2, 0.25) is 0 Å². The second kappa shape index (κ2) is 15.3. The van der Waals surface area contributed by atoms with Gasteiger partial charge in [0.15, 0.2) is 0 Å². The Labute approximate surface area is 104 Å². The molecule has 0 saturated carbocycles. The van der Waals surface area contributed by atoms with Gasteiger partial charge in [0, 0.05) is 25.8 Å². The van der Waals surface area contributed by atoms with E-state index in [1.165, 1.54) is 57.8 Å². The minimum Gasteiger partial charge on any atom is -0.343 e. The molecule has 0 amide bonds. The van der Waals surface area contributed by atoms with Crippen molar-refractivity contribution in [2.45, 2.75) is 71.1 Å². The van der Waals surface area contributed by atoms with Gasteiger partial charge in [-0.25, -0.2) is 0 Å². The van der Waals surface area contributed by atoms with Gasteiger partial charge >= 0.3 is 0 Å². The summed E-state index contributed by atoms with van der Waals surface area (Å²) in [7, 11) is 0. The minimum absolute atomic E-state index is 0. The summed E-state index contributed by atoms with van der Waals surface area (Å²) >= 11 is 0. The van der Waals surface area contributed by atoms with Crippen molar-refractivity contribution in [3.63, 3.8) is 0 Å². The van der Waals surface area contributed by atoms with E-state index in [-0.39, 0.29) is 25.8 Å². The fourth-order valence-corrected chi connectivity index (χ4v) is 1.49. The molecule has 0 aromatic heterocycles. The maximum Gasteiger partial charge on any atom is 0 e. The molecular formula is C12H25Sc-. The summed E-state index contributed by atoms with van der Waals surface area (Å²) in [5.41, 5.74) is 0. The van der Waals surface area contributed by atoms with Crippen molar-refractivity contribution in [1.82, 2.24) is 0 Å². The van der Waals surface area contributed by atoms with E-state index < -0.39 is 0 Å². The zero-order valence-corrected chi connectivity index (χ0v) is 11.2. The van der Waals surface area contributed by atoms with Crippen LogP contribution in [0.5, 0.6) is 0 Å². The molecule has 13 heavy (non-hydrogen) atoms. The molecule has 0 fully saturated rings. The summed E-state index contributed by atoms with van der Waals surface area (Å²) in [6.45, 7) is 6.12. The first-order valence-corrected chi connectivity index (χ1v) is 5.71. The normalized spacial score (nSPS) is 9.69. The summed E-state index contributed by atoms with van der Waals surface area (Å²) in [4.78, 5) is 0. The average Bonchev–Trinajstić information content (AvgIpc) is 2.10. The molecule has 0 aliphatic heterocycles. The summed E-state index contributed by atoms with van der Waals surface area (Å²) in [5, 5.41) is 0. The summed E-state index contributed by atoms with van der Waals surface area (Å²) < 4.78 is 0. The van der Waals surface area contributed by atoms with E-state index in [1.54, 1.807) is 0 Å². The minimum atomic E-state index is 0. The Morgan fingerprint density at radius 1 is 0.692 bits per heavy atom. The van der Waals surface area contributed by atoms with E-state index in [1.807, 2.05) is 0 Å². The molecule has 0 rings (SSSR count). The first-order chi connectivity index (χ1) is 5.91. The quantitative estimate of drug-likeness (QED) is 0.384. The third kappa shape index (κ3) is 15.6. The standard InChI is InChI=1S/C12H25.Sc/c1-3-5-7-9-11-12-10-8-6-4-2;/h1,3-12H2,2H3;/q-1;. The maximum atomic E-state index is 3.84. The Balaban J connectivity index is 0. The molecular weight excluding hydrogens is 189 g/mol. The Kier molecular flexibility index (Phi) is 19.2. The summed E-state index contributed by atoms with van der Waals surface area (Å²) in [6.07, 6.45) is 13.9. The molecule has 0 aliphatic rings. The second-order valence-corrected chi connectivity index (χ2v) is 3.68. The van der Waals surface area contributed by atoms with Crippen LogP contribution in [0.25, 0.3) is 0 Å². The van der Waals surface area contributed by atoms with Crippen molar-refractivity contribution in [2.24, 2.45) is 0 Å². The van der Waals surface area contributed by atoms with Crippen LogP contribution in [0.15, 0.2) is 0 Å². The van der Waals surface area contributed by atoms with E-state index in [2.05, 4.69) is 13.8 Å². The summed E-state index contributed by atoms with van der Waals surface area (Å²) in [6, 6.07) is 0. The molecule has 0 unspecified atom stereocenters. The van der Waals surface area contributed by atoms with Crippen molar-refractivity contribution in [1.29, 1.82) is 0 Å². The van der Waals surface area contributed by atoms with E-state index >= 15 is 0 Å². The number of unbranched alkanes of at least 4 members (excludes halogenated alkanes) is 9. The van der Waals surface area contributed by atoms with Gasteiger partial charge in [-0.15, -0.1) is 0 Å². The van der Waals surface area contributed by atoms with Crippen LogP contribution in [0.3, 0.4) is 0 Å². The molecule has 0 nitrogen and oxygen atoms in total. The van der Waals surface area contributed by atoms with Gasteiger partial charge in [-0.05, 0) is 0 Å². The fourth-order valence-electron chi connectivity index (χ4n) is 1.49. The van der Waals surface area contributed by atoms with Gasteiger partial charge in [0.05, 0.1) is 0 Å². The van der Waals surface area contributed by atoms with Gasteiger partial charge in [-0.1, -0.05) is 64.7 Å². The zero-order valence-electron chi connectivity index (χ0n) is 9.36. The smallest absolute Gasteiger partial charge is 0 e. The topological polar surface area (TPSA) is 0 Å². The Bertz CT molecular complexity index is 61.5. The van der Waals surface area contributed by atoms with Crippen LogP contribution in [-0.4, -0.2) is 0 Å². The second-order valence-electron chi connectivity index (χ2n) is 3.68. The Morgan fingerprint density at radius 3 is 1.46 bits per heavy atom. The third-order valence-corrected chi connectivity index (χ3v) is 2.35. The SMILES string of the molecule is [CH2-]CCCCCCCCCCC.[Sc]. The first kappa shape index (κ1) is 16.3. The average molecular weight is 214 g/mol.